The van der Waals surface area contributed by atoms with E-state index in [4.69, 9.17) is 9.47 Å². The van der Waals surface area contributed by atoms with Crippen LogP contribution >= 0.6 is 0 Å². The Balaban J connectivity index is 1.45. The minimum Gasteiger partial charge on any atom is -0.351 e. The lowest BCUT2D eigenvalue weighted by molar-refractivity contribution is -0.127. The van der Waals surface area contributed by atoms with Crippen molar-refractivity contribution in [3.05, 3.63) is 0 Å². The predicted molar refractivity (Wildman–Crippen MR) is 86.3 cm³/mol. The summed E-state index contributed by atoms with van der Waals surface area (Å²) in [6, 6.07) is 0. The Morgan fingerprint density at radius 3 is 2.64 bits per heavy atom. The van der Waals surface area contributed by atoms with Crippen molar-refractivity contribution in [3.8, 4) is 0 Å². The van der Waals surface area contributed by atoms with Crippen LogP contribution in [0.1, 0.15) is 71.6 Å². The van der Waals surface area contributed by atoms with Crippen molar-refractivity contribution in [1.29, 1.82) is 0 Å². The molecule has 1 heterocycles. The van der Waals surface area contributed by atoms with Gasteiger partial charge in [0.1, 0.15) is 6.10 Å². The fourth-order valence-corrected chi connectivity index (χ4v) is 7.77. The highest BCUT2D eigenvalue weighted by atomic mass is 16.8. The van der Waals surface area contributed by atoms with Crippen LogP contribution in [0.2, 0.25) is 0 Å². The zero-order chi connectivity index (χ0) is 15.2. The van der Waals surface area contributed by atoms with Crippen molar-refractivity contribution in [3.63, 3.8) is 0 Å². The van der Waals surface area contributed by atoms with Crippen molar-refractivity contribution in [2.75, 3.05) is 7.11 Å². The van der Waals surface area contributed by atoms with Crippen LogP contribution in [-0.4, -0.2) is 19.0 Å². The highest BCUT2D eigenvalue weighted by Gasteiger charge is 2.69. The van der Waals surface area contributed by atoms with Crippen LogP contribution in [0.4, 0.5) is 0 Å². The number of methoxy groups -OCH3 is 1. The van der Waals surface area contributed by atoms with Crippen molar-refractivity contribution in [2.24, 2.45) is 34.5 Å². The minimum atomic E-state index is -0.173. The smallest absolute Gasteiger partial charge is 0.195 e. The monoisotopic (exact) mass is 304 g/mol. The summed E-state index contributed by atoms with van der Waals surface area (Å²) < 4.78 is 11.8. The van der Waals surface area contributed by atoms with Gasteiger partial charge in [-0.25, -0.2) is 0 Å². The molecule has 124 valence electrons. The molecule has 0 amide bonds. The molecular weight excluding hydrogens is 272 g/mol. The van der Waals surface area contributed by atoms with E-state index in [1.807, 2.05) is 7.11 Å². The maximum Gasteiger partial charge on any atom is 0.195 e. The minimum absolute atomic E-state index is 0.173. The fraction of sp³-hybridized carbons (Fsp3) is 1.00. The topological polar surface area (TPSA) is 21.8 Å². The van der Waals surface area contributed by atoms with Gasteiger partial charge in [0.25, 0.3) is 0 Å². The molecule has 8 atom stereocenters. The molecule has 0 aromatic rings. The van der Waals surface area contributed by atoms with Gasteiger partial charge in [-0.3, -0.25) is 0 Å². The van der Waals surface area contributed by atoms with E-state index in [-0.39, 0.29) is 5.79 Å². The van der Waals surface area contributed by atoms with Crippen molar-refractivity contribution < 1.29 is 9.47 Å². The quantitative estimate of drug-likeness (QED) is 0.651. The van der Waals surface area contributed by atoms with Crippen LogP contribution in [0.15, 0.2) is 0 Å². The zero-order valence-corrected chi connectivity index (χ0v) is 14.6. The van der Waals surface area contributed by atoms with Crippen LogP contribution in [0, 0.1) is 34.5 Å². The third kappa shape index (κ3) is 1.64. The lowest BCUT2D eigenvalue weighted by Crippen LogP contribution is -2.54. The molecule has 0 N–H and O–H groups in total. The number of rotatable bonds is 1. The van der Waals surface area contributed by atoms with E-state index in [2.05, 4.69) is 13.8 Å². The first-order valence-corrected chi connectivity index (χ1v) is 9.74. The van der Waals surface area contributed by atoms with Crippen molar-refractivity contribution in [1.82, 2.24) is 0 Å². The molecule has 22 heavy (non-hydrogen) atoms. The summed E-state index contributed by atoms with van der Waals surface area (Å²) in [4.78, 5) is 0. The Labute approximate surface area is 135 Å². The van der Waals surface area contributed by atoms with Crippen LogP contribution in [0.5, 0.6) is 0 Å². The number of epoxide rings is 1. The molecule has 0 aromatic heterocycles. The molecule has 4 saturated carbocycles. The first-order chi connectivity index (χ1) is 10.5. The molecule has 0 radical (unpaired) electrons. The highest BCUT2D eigenvalue weighted by Crippen LogP contribution is 2.69. The van der Waals surface area contributed by atoms with Gasteiger partial charge < -0.3 is 9.47 Å². The summed E-state index contributed by atoms with van der Waals surface area (Å²) in [5.41, 5.74) is 1.21. The molecule has 2 nitrogen and oxygen atoms in total. The maximum absolute atomic E-state index is 6.04. The highest BCUT2D eigenvalue weighted by molar-refractivity contribution is 5.13. The second-order valence-corrected chi connectivity index (χ2v) is 9.77. The first kappa shape index (κ1) is 14.3. The largest absolute Gasteiger partial charge is 0.351 e. The SMILES string of the molecule is CO[C@@]12C[C@@H]3CC[C@H]4[C@@H]5CCC[C@@]5(C)CC[C@@H]4[C@@]3(C)C[C@H]1O2. The molecule has 5 fully saturated rings. The Kier molecular flexibility index (Phi) is 2.79. The van der Waals surface area contributed by atoms with E-state index in [9.17, 15) is 0 Å². The summed E-state index contributed by atoms with van der Waals surface area (Å²) in [6.07, 6.45) is 13.2. The Morgan fingerprint density at radius 2 is 1.82 bits per heavy atom. The van der Waals surface area contributed by atoms with E-state index < -0.39 is 0 Å². The van der Waals surface area contributed by atoms with E-state index >= 15 is 0 Å². The second kappa shape index (κ2) is 4.30. The van der Waals surface area contributed by atoms with Crippen molar-refractivity contribution in [2.45, 2.75) is 83.5 Å². The van der Waals surface area contributed by atoms with Gasteiger partial charge in [0.05, 0.1) is 0 Å². The fourth-order valence-electron chi connectivity index (χ4n) is 7.77. The standard InChI is InChI=1S/C20H32O2/c1-18-9-4-5-15(18)14-7-6-13-11-20(21-3)17(22-20)12-19(13,2)16(14)8-10-18/h13-17H,4-12H2,1-3H3/t13-,14-,15-,16-,17+,18-,19-,20+/m0/s1. The van der Waals surface area contributed by atoms with Crippen LogP contribution in [0.25, 0.3) is 0 Å². The predicted octanol–water partition coefficient (Wildman–Crippen LogP) is 4.77. The first-order valence-electron chi connectivity index (χ1n) is 9.74. The molecule has 1 aliphatic heterocycles. The molecular formula is C20H32O2. The Bertz CT molecular complexity index is 490. The van der Waals surface area contributed by atoms with Gasteiger partial charge in [0.2, 0.25) is 0 Å². The van der Waals surface area contributed by atoms with E-state index in [1.54, 1.807) is 0 Å². The Morgan fingerprint density at radius 1 is 0.955 bits per heavy atom. The average Bonchev–Trinajstić information content (AvgIpc) is 3.04. The molecule has 2 heteroatoms. The number of ether oxygens (including phenoxy) is 2. The summed E-state index contributed by atoms with van der Waals surface area (Å²) in [5.74, 6) is 3.65. The summed E-state index contributed by atoms with van der Waals surface area (Å²) >= 11 is 0. The normalized spacial score (nSPS) is 62.6. The number of hydrogen-bond donors (Lipinski definition) is 0. The maximum atomic E-state index is 6.04. The van der Waals surface area contributed by atoms with E-state index in [0.29, 0.717) is 16.9 Å². The molecule has 0 unspecified atom stereocenters. The molecule has 0 aromatic carbocycles. The summed E-state index contributed by atoms with van der Waals surface area (Å²) in [6.45, 7) is 5.23. The number of hydrogen-bond acceptors (Lipinski definition) is 2. The lowest BCUT2D eigenvalue weighted by Gasteiger charge is -2.59. The van der Waals surface area contributed by atoms with Gasteiger partial charge in [-0.15, -0.1) is 0 Å². The van der Waals surface area contributed by atoms with Gasteiger partial charge in [-0.2, -0.15) is 0 Å². The second-order valence-electron chi connectivity index (χ2n) is 9.77. The van der Waals surface area contributed by atoms with Crippen LogP contribution < -0.4 is 0 Å². The molecule has 0 spiro atoms. The van der Waals surface area contributed by atoms with Crippen LogP contribution in [0.3, 0.4) is 0 Å². The molecule has 1 saturated heterocycles. The van der Waals surface area contributed by atoms with Gasteiger partial charge in [-0.05, 0) is 79.4 Å². The lowest BCUT2D eigenvalue weighted by atomic mass is 9.45. The molecule has 4 aliphatic carbocycles. The average molecular weight is 304 g/mol. The van der Waals surface area contributed by atoms with Gasteiger partial charge >= 0.3 is 0 Å². The van der Waals surface area contributed by atoms with Gasteiger partial charge in [0, 0.05) is 13.5 Å². The third-order valence-corrected chi connectivity index (χ3v) is 9.12. The molecule has 5 rings (SSSR count). The van der Waals surface area contributed by atoms with Crippen LogP contribution in [-0.2, 0) is 9.47 Å². The number of fused-ring (bicyclic) bond motifs is 6. The van der Waals surface area contributed by atoms with E-state index in [1.165, 1.54) is 51.4 Å². The van der Waals surface area contributed by atoms with Crippen molar-refractivity contribution >= 4 is 0 Å². The molecule has 5 aliphatic rings. The van der Waals surface area contributed by atoms with E-state index in [0.717, 1.165) is 30.1 Å². The van der Waals surface area contributed by atoms with Gasteiger partial charge in [0.15, 0.2) is 5.79 Å². The zero-order valence-electron chi connectivity index (χ0n) is 14.6. The van der Waals surface area contributed by atoms with Gasteiger partial charge in [-0.1, -0.05) is 20.3 Å². The molecule has 0 bridgehead atoms. The summed E-state index contributed by atoms with van der Waals surface area (Å²) in [7, 11) is 1.85. The third-order valence-electron chi connectivity index (χ3n) is 9.12. The Hall–Kier alpha value is -0.0800. The summed E-state index contributed by atoms with van der Waals surface area (Å²) in [5, 5.41) is 0.